The molecule has 1 aliphatic heterocycles. The highest BCUT2D eigenvalue weighted by atomic mass is 35.5. The smallest absolute Gasteiger partial charge is 0.231 e. The molecule has 4 heteroatoms. The number of fused-ring (bicyclic) bond motifs is 1. The molecule has 3 rings (SSSR count). The molecule has 2 aromatic carbocycles. The molecule has 0 saturated heterocycles. The van der Waals surface area contributed by atoms with Crippen molar-refractivity contribution in [3.63, 3.8) is 0 Å². The van der Waals surface area contributed by atoms with Gasteiger partial charge in [-0.2, -0.15) is 0 Å². The highest BCUT2D eigenvalue weighted by Crippen LogP contribution is 2.31. The number of nitrogens with one attached hydrogen (secondary N) is 1. The van der Waals surface area contributed by atoms with E-state index >= 15 is 0 Å². The number of benzene rings is 2. The molecule has 1 atom stereocenters. The van der Waals surface area contributed by atoms with Crippen LogP contribution in [0, 0.1) is 5.92 Å². The minimum absolute atomic E-state index is 0.0104. The number of hydrogen-bond donors (Lipinski definition) is 1. The monoisotopic (exact) mass is 343 g/mol. The molecule has 0 fully saturated rings. The van der Waals surface area contributed by atoms with E-state index in [2.05, 4.69) is 37.4 Å². The van der Waals surface area contributed by atoms with E-state index in [1.807, 2.05) is 18.2 Å². The van der Waals surface area contributed by atoms with Crippen molar-refractivity contribution in [2.24, 2.45) is 5.92 Å². The second-order valence-corrected chi connectivity index (χ2v) is 6.55. The summed E-state index contributed by atoms with van der Waals surface area (Å²) >= 11 is 6.06. The lowest BCUT2D eigenvalue weighted by molar-refractivity contribution is -0.121. The van der Waals surface area contributed by atoms with Crippen molar-refractivity contribution in [2.75, 3.05) is 11.9 Å². The van der Waals surface area contributed by atoms with E-state index < -0.39 is 0 Å². The normalized spacial score (nSPS) is 16.2. The molecule has 0 aromatic heterocycles. The minimum atomic E-state index is -0.203. The number of aryl methyl sites for hydroxylation is 2. The zero-order valence-corrected chi connectivity index (χ0v) is 14.8. The predicted octanol–water partition coefficient (Wildman–Crippen LogP) is 4.65. The van der Waals surface area contributed by atoms with Crippen molar-refractivity contribution in [3.8, 4) is 5.75 Å². The van der Waals surface area contributed by atoms with Gasteiger partial charge in [0, 0.05) is 10.7 Å². The molecule has 2 aromatic rings. The summed E-state index contributed by atoms with van der Waals surface area (Å²) in [6, 6.07) is 11.8. The standard InChI is InChI=1S/C20H22ClNO2/c1-3-13-6-5-7-14(4-2)19(13)22-20(23)16-10-15-11-17(21)8-9-18(15)24-12-16/h5-9,11,16H,3-4,10,12H2,1-2H3,(H,22,23). The summed E-state index contributed by atoms with van der Waals surface area (Å²) < 4.78 is 5.74. The van der Waals surface area contributed by atoms with E-state index in [1.165, 1.54) is 11.1 Å². The first-order valence-corrected chi connectivity index (χ1v) is 8.83. The van der Waals surface area contributed by atoms with Crippen LogP contribution in [0.25, 0.3) is 0 Å². The fourth-order valence-electron chi connectivity index (χ4n) is 3.16. The molecule has 0 bridgehead atoms. The van der Waals surface area contributed by atoms with Crippen molar-refractivity contribution in [1.29, 1.82) is 0 Å². The van der Waals surface area contributed by atoms with Gasteiger partial charge in [-0.15, -0.1) is 0 Å². The Balaban J connectivity index is 1.79. The molecular weight excluding hydrogens is 322 g/mol. The Kier molecular flexibility index (Phi) is 5.10. The number of rotatable bonds is 4. The topological polar surface area (TPSA) is 38.3 Å². The Hall–Kier alpha value is -2.00. The first kappa shape index (κ1) is 16.8. The lowest BCUT2D eigenvalue weighted by Crippen LogP contribution is -2.33. The largest absolute Gasteiger partial charge is 0.492 e. The number of halogens is 1. The van der Waals surface area contributed by atoms with Gasteiger partial charge in [0.2, 0.25) is 5.91 Å². The van der Waals surface area contributed by atoms with Gasteiger partial charge in [-0.25, -0.2) is 0 Å². The molecule has 24 heavy (non-hydrogen) atoms. The van der Waals surface area contributed by atoms with Crippen molar-refractivity contribution in [2.45, 2.75) is 33.1 Å². The molecule has 0 radical (unpaired) electrons. The average molecular weight is 344 g/mol. The summed E-state index contributed by atoms with van der Waals surface area (Å²) in [5.41, 5.74) is 4.29. The maximum Gasteiger partial charge on any atom is 0.231 e. The Labute approximate surface area is 148 Å². The van der Waals surface area contributed by atoms with E-state index in [9.17, 15) is 4.79 Å². The second kappa shape index (κ2) is 7.27. The van der Waals surface area contributed by atoms with Crippen LogP contribution >= 0.6 is 11.6 Å². The molecule has 0 aliphatic carbocycles. The van der Waals surface area contributed by atoms with E-state index in [4.69, 9.17) is 16.3 Å². The van der Waals surface area contributed by atoms with Crippen LogP contribution in [0.1, 0.15) is 30.5 Å². The summed E-state index contributed by atoms with van der Waals surface area (Å²) in [6.07, 6.45) is 2.43. The number of carbonyl (C=O) groups excluding carboxylic acids is 1. The maximum absolute atomic E-state index is 12.8. The van der Waals surface area contributed by atoms with Gasteiger partial charge in [0.15, 0.2) is 0 Å². The van der Waals surface area contributed by atoms with Crippen LogP contribution < -0.4 is 10.1 Å². The zero-order valence-electron chi connectivity index (χ0n) is 14.1. The Morgan fingerprint density at radius 3 is 2.58 bits per heavy atom. The lowest BCUT2D eigenvalue weighted by atomic mass is 9.95. The van der Waals surface area contributed by atoms with Crippen LogP contribution in [0.3, 0.4) is 0 Å². The van der Waals surface area contributed by atoms with E-state index in [1.54, 1.807) is 0 Å². The Morgan fingerprint density at radius 2 is 1.92 bits per heavy atom. The fraction of sp³-hybridized carbons (Fsp3) is 0.350. The molecule has 1 unspecified atom stereocenters. The summed E-state index contributed by atoms with van der Waals surface area (Å²) in [5, 5.41) is 3.81. The van der Waals surface area contributed by atoms with Crippen molar-refractivity contribution in [1.82, 2.24) is 0 Å². The lowest BCUT2D eigenvalue weighted by Gasteiger charge is -2.25. The molecule has 0 spiro atoms. The van der Waals surface area contributed by atoms with Crippen LogP contribution in [0.15, 0.2) is 36.4 Å². The van der Waals surface area contributed by atoms with Gasteiger partial charge in [-0.05, 0) is 54.2 Å². The second-order valence-electron chi connectivity index (χ2n) is 6.11. The number of carbonyl (C=O) groups is 1. The van der Waals surface area contributed by atoms with Crippen molar-refractivity contribution in [3.05, 3.63) is 58.1 Å². The number of ether oxygens (including phenoxy) is 1. The fourth-order valence-corrected chi connectivity index (χ4v) is 3.35. The predicted molar refractivity (Wildman–Crippen MR) is 98.0 cm³/mol. The number of para-hydroxylation sites is 1. The van der Waals surface area contributed by atoms with E-state index in [0.717, 1.165) is 29.8 Å². The van der Waals surface area contributed by atoms with Crippen molar-refractivity contribution < 1.29 is 9.53 Å². The zero-order chi connectivity index (χ0) is 17.1. The molecule has 126 valence electrons. The van der Waals surface area contributed by atoms with E-state index in [0.29, 0.717) is 18.1 Å². The Bertz CT molecular complexity index is 735. The van der Waals surface area contributed by atoms with Gasteiger partial charge in [-0.1, -0.05) is 43.6 Å². The molecular formula is C20H22ClNO2. The SMILES string of the molecule is CCc1cccc(CC)c1NC(=O)C1COc2ccc(Cl)cc2C1. The van der Waals surface area contributed by atoms with Gasteiger partial charge in [0.1, 0.15) is 12.4 Å². The Morgan fingerprint density at radius 1 is 1.21 bits per heavy atom. The molecule has 1 N–H and O–H groups in total. The van der Waals surface area contributed by atoms with Gasteiger partial charge < -0.3 is 10.1 Å². The molecule has 3 nitrogen and oxygen atoms in total. The minimum Gasteiger partial charge on any atom is -0.492 e. The molecule has 1 heterocycles. The highest BCUT2D eigenvalue weighted by molar-refractivity contribution is 6.30. The maximum atomic E-state index is 12.8. The third kappa shape index (κ3) is 3.41. The first-order chi connectivity index (χ1) is 11.6. The van der Waals surface area contributed by atoms with Gasteiger partial charge in [0.25, 0.3) is 0 Å². The molecule has 1 amide bonds. The molecule has 0 saturated carbocycles. The first-order valence-electron chi connectivity index (χ1n) is 8.45. The highest BCUT2D eigenvalue weighted by Gasteiger charge is 2.27. The van der Waals surface area contributed by atoms with E-state index in [-0.39, 0.29) is 11.8 Å². The van der Waals surface area contributed by atoms with Crippen LogP contribution in [0.4, 0.5) is 5.69 Å². The summed E-state index contributed by atoms with van der Waals surface area (Å²) in [4.78, 5) is 12.8. The number of anilines is 1. The number of amides is 1. The molecule has 1 aliphatic rings. The summed E-state index contributed by atoms with van der Waals surface area (Å²) in [7, 11) is 0. The van der Waals surface area contributed by atoms with Gasteiger partial charge in [-0.3, -0.25) is 4.79 Å². The van der Waals surface area contributed by atoms with Gasteiger partial charge in [0.05, 0.1) is 5.92 Å². The third-order valence-electron chi connectivity index (χ3n) is 4.55. The van der Waals surface area contributed by atoms with Crippen LogP contribution in [-0.2, 0) is 24.1 Å². The van der Waals surface area contributed by atoms with Crippen LogP contribution in [-0.4, -0.2) is 12.5 Å². The average Bonchev–Trinajstić information content (AvgIpc) is 2.61. The van der Waals surface area contributed by atoms with Crippen LogP contribution in [0.2, 0.25) is 5.02 Å². The number of hydrogen-bond acceptors (Lipinski definition) is 2. The quantitative estimate of drug-likeness (QED) is 0.877. The third-order valence-corrected chi connectivity index (χ3v) is 4.78. The van der Waals surface area contributed by atoms with Crippen molar-refractivity contribution >= 4 is 23.2 Å². The summed E-state index contributed by atoms with van der Waals surface area (Å²) in [6.45, 7) is 4.61. The summed E-state index contributed by atoms with van der Waals surface area (Å²) in [5.74, 6) is 0.633. The van der Waals surface area contributed by atoms with Gasteiger partial charge >= 0.3 is 0 Å². The van der Waals surface area contributed by atoms with Crippen LogP contribution in [0.5, 0.6) is 5.75 Å².